The van der Waals surface area contributed by atoms with Gasteiger partial charge in [0.25, 0.3) is 0 Å². The van der Waals surface area contributed by atoms with Crippen LogP contribution in [-0.2, 0) is 6.18 Å². The molecule has 5 rings (SSSR count). The van der Waals surface area contributed by atoms with Gasteiger partial charge in [0.2, 0.25) is 5.88 Å². The minimum atomic E-state index is -4.59. The smallest absolute Gasteiger partial charge is 0.421 e. The van der Waals surface area contributed by atoms with Crippen molar-refractivity contribution in [3.8, 4) is 29.0 Å². The number of nitrogens with one attached hydrogen (secondary N) is 1. The lowest BCUT2D eigenvalue weighted by Gasteiger charge is -2.30. The Morgan fingerprint density at radius 1 is 1.11 bits per heavy atom. The molecule has 0 radical (unpaired) electrons. The molecule has 36 heavy (non-hydrogen) atoms. The zero-order valence-corrected chi connectivity index (χ0v) is 19.9. The Morgan fingerprint density at radius 3 is 2.47 bits per heavy atom. The predicted molar refractivity (Wildman–Crippen MR) is 133 cm³/mol. The van der Waals surface area contributed by atoms with Crippen LogP contribution >= 0.6 is 0 Å². The first kappa shape index (κ1) is 23.7. The van der Waals surface area contributed by atoms with Crippen LogP contribution in [0, 0.1) is 11.3 Å². The highest BCUT2D eigenvalue weighted by molar-refractivity contribution is 5.95. The van der Waals surface area contributed by atoms with Crippen LogP contribution in [0.3, 0.4) is 0 Å². The number of nitriles is 1. The number of halogens is 3. The quantitative estimate of drug-likeness (QED) is 0.298. The monoisotopic (exact) mass is 490 g/mol. The Kier molecular flexibility index (Phi) is 6.09. The first-order valence-corrected chi connectivity index (χ1v) is 11.9. The zero-order valence-electron chi connectivity index (χ0n) is 19.9. The van der Waals surface area contributed by atoms with Gasteiger partial charge in [-0.1, -0.05) is 12.1 Å². The molecule has 2 aromatic carbocycles. The van der Waals surface area contributed by atoms with Crippen LogP contribution in [0.2, 0.25) is 0 Å². The van der Waals surface area contributed by atoms with Gasteiger partial charge in [-0.05, 0) is 75.1 Å². The van der Waals surface area contributed by atoms with E-state index in [-0.39, 0.29) is 11.8 Å². The minimum absolute atomic E-state index is 0.203. The fraction of sp³-hybridized carbons (Fsp3) is 0.286. The maximum Gasteiger partial charge on any atom is 0.421 e. The van der Waals surface area contributed by atoms with E-state index in [1.165, 1.54) is 12.3 Å². The second-order valence-corrected chi connectivity index (χ2v) is 9.30. The Bertz CT molecular complexity index is 1440. The number of aromatic nitrogens is 2. The van der Waals surface area contributed by atoms with Gasteiger partial charge in [-0.15, -0.1) is 0 Å². The molecule has 1 fully saturated rings. The molecule has 0 saturated heterocycles. The van der Waals surface area contributed by atoms with E-state index in [1.807, 2.05) is 24.3 Å². The number of pyridine rings is 1. The summed E-state index contributed by atoms with van der Waals surface area (Å²) in [5.74, 6) is -0.266. The molecule has 1 N–H and O–H groups in total. The average Bonchev–Trinajstić information content (AvgIpc) is 3.11. The third-order valence-electron chi connectivity index (χ3n) is 6.43. The van der Waals surface area contributed by atoms with Crippen molar-refractivity contribution in [2.24, 2.45) is 0 Å². The van der Waals surface area contributed by atoms with Gasteiger partial charge >= 0.3 is 6.18 Å². The summed E-state index contributed by atoms with van der Waals surface area (Å²) in [7, 11) is 0. The molecule has 5 nitrogen and oxygen atoms in total. The summed E-state index contributed by atoms with van der Waals surface area (Å²) < 4.78 is 48.1. The van der Waals surface area contributed by atoms with E-state index in [1.54, 1.807) is 18.2 Å². The minimum Gasteiger partial charge on any atom is -0.438 e. The van der Waals surface area contributed by atoms with E-state index in [0.717, 1.165) is 53.2 Å². The number of hydrogen-bond acceptors (Lipinski definition) is 4. The van der Waals surface area contributed by atoms with E-state index >= 15 is 0 Å². The Balaban J connectivity index is 1.63. The Hall–Kier alpha value is -3.99. The van der Waals surface area contributed by atoms with Gasteiger partial charge in [-0.3, -0.25) is 0 Å². The maximum absolute atomic E-state index is 13.5. The second-order valence-electron chi connectivity index (χ2n) is 9.30. The molecule has 1 aliphatic carbocycles. The first-order valence-electron chi connectivity index (χ1n) is 11.9. The van der Waals surface area contributed by atoms with Crippen LogP contribution < -0.4 is 10.1 Å². The summed E-state index contributed by atoms with van der Waals surface area (Å²) in [4.78, 5) is 3.81. The molecule has 1 aliphatic rings. The summed E-state index contributed by atoms with van der Waals surface area (Å²) in [6.45, 7) is 4.14. The summed E-state index contributed by atoms with van der Waals surface area (Å²) in [5, 5.41) is 14.2. The lowest BCUT2D eigenvalue weighted by Crippen LogP contribution is -2.18. The molecule has 4 aromatic rings. The first-order chi connectivity index (χ1) is 17.3. The summed E-state index contributed by atoms with van der Waals surface area (Å²) in [6.07, 6.45) is -0.292. The van der Waals surface area contributed by atoms with E-state index < -0.39 is 17.6 Å². The van der Waals surface area contributed by atoms with Gasteiger partial charge in [0.15, 0.2) is 0 Å². The van der Waals surface area contributed by atoms with Gasteiger partial charge in [0, 0.05) is 35.4 Å². The number of benzene rings is 2. The van der Waals surface area contributed by atoms with Gasteiger partial charge < -0.3 is 14.6 Å². The standard InChI is InChI=1S/C28H25F3N4O/c1-17(2)34-19-10-8-18(9-11-19)26-23(16-32)22-13-12-21(15-25(22)35(26)20-5-3-6-20)36-27-24(28(29,30)31)7-4-14-33-27/h4,7-15,17,20,34H,3,5-6H2,1-2H3. The third-order valence-corrected chi connectivity index (χ3v) is 6.43. The molecule has 0 unspecified atom stereocenters. The van der Waals surface area contributed by atoms with Crippen molar-refractivity contribution in [3.63, 3.8) is 0 Å². The second kappa shape index (κ2) is 9.23. The fourth-order valence-corrected chi connectivity index (χ4v) is 4.63. The molecule has 0 amide bonds. The van der Waals surface area contributed by atoms with Gasteiger partial charge in [0.05, 0.1) is 16.8 Å². The molecular formula is C28H25F3N4O. The van der Waals surface area contributed by atoms with E-state index in [2.05, 4.69) is 34.8 Å². The van der Waals surface area contributed by atoms with Crippen LogP contribution in [0.25, 0.3) is 22.2 Å². The number of hydrogen-bond donors (Lipinski definition) is 1. The van der Waals surface area contributed by atoms with Crippen molar-refractivity contribution in [2.45, 2.75) is 51.4 Å². The molecule has 2 aromatic heterocycles. The number of anilines is 1. The fourth-order valence-electron chi connectivity index (χ4n) is 4.63. The van der Waals surface area contributed by atoms with Gasteiger partial charge in [-0.2, -0.15) is 18.4 Å². The van der Waals surface area contributed by atoms with Crippen molar-refractivity contribution in [1.82, 2.24) is 9.55 Å². The molecule has 184 valence electrons. The molecule has 0 aliphatic heterocycles. The summed E-state index contributed by atoms with van der Waals surface area (Å²) in [6, 6.07) is 18.1. The summed E-state index contributed by atoms with van der Waals surface area (Å²) in [5.41, 5.74) is 3.09. The SMILES string of the molecule is CC(C)Nc1ccc(-c2c(C#N)c3ccc(Oc4ncccc4C(F)(F)F)cc3n2C2CCC2)cc1. The van der Waals surface area contributed by atoms with Crippen molar-refractivity contribution >= 4 is 16.6 Å². The molecular weight excluding hydrogens is 465 g/mol. The number of ether oxygens (including phenoxy) is 1. The number of fused-ring (bicyclic) bond motifs is 1. The van der Waals surface area contributed by atoms with Crippen LogP contribution in [0.1, 0.15) is 50.3 Å². The lowest BCUT2D eigenvalue weighted by atomic mass is 9.92. The number of rotatable bonds is 6. The van der Waals surface area contributed by atoms with Crippen molar-refractivity contribution in [2.75, 3.05) is 5.32 Å². The van der Waals surface area contributed by atoms with Crippen molar-refractivity contribution < 1.29 is 17.9 Å². The highest BCUT2D eigenvalue weighted by Gasteiger charge is 2.35. The van der Waals surface area contributed by atoms with Crippen LogP contribution in [0.15, 0.2) is 60.8 Å². The Morgan fingerprint density at radius 2 is 1.86 bits per heavy atom. The average molecular weight is 491 g/mol. The largest absolute Gasteiger partial charge is 0.438 e. The lowest BCUT2D eigenvalue weighted by molar-refractivity contribution is -0.138. The predicted octanol–water partition coefficient (Wildman–Crippen LogP) is 7.93. The highest BCUT2D eigenvalue weighted by Crippen LogP contribution is 2.44. The highest BCUT2D eigenvalue weighted by atomic mass is 19.4. The van der Waals surface area contributed by atoms with Gasteiger partial charge in [-0.25, -0.2) is 4.98 Å². The molecule has 0 spiro atoms. The number of nitrogens with zero attached hydrogens (tertiary/aromatic N) is 3. The van der Waals surface area contributed by atoms with Crippen LogP contribution in [0.5, 0.6) is 11.6 Å². The van der Waals surface area contributed by atoms with Crippen molar-refractivity contribution in [1.29, 1.82) is 5.26 Å². The molecule has 0 atom stereocenters. The van der Waals surface area contributed by atoms with Crippen molar-refractivity contribution in [3.05, 3.63) is 71.9 Å². The van der Waals surface area contributed by atoms with E-state index in [9.17, 15) is 18.4 Å². The van der Waals surface area contributed by atoms with Crippen LogP contribution in [-0.4, -0.2) is 15.6 Å². The zero-order chi connectivity index (χ0) is 25.4. The normalized spacial score (nSPS) is 14.0. The maximum atomic E-state index is 13.5. The Labute approximate surface area is 207 Å². The number of alkyl halides is 3. The van der Waals surface area contributed by atoms with E-state index in [4.69, 9.17) is 4.74 Å². The van der Waals surface area contributed by atoms with E-state index in [0.29, 0.717) is 11.6 Å². The topological polar surface area (TPSA) is 62.9 Å². The molecule has 2 heterocycles. The molecule has 1 saturated carbocycles. The third kappa shape index (κ3) is 4.37. The van der Waals surface area contributed by atoms with Gasteiger partial charge in [0.1, 0.15) is 17.4 Å². The summed E-state index contributed by atoms with van der Waals surface area (Å²) >= 11 is 0. The molecule has 0 bridgehead atoms. The van der Waals surface area contributed by atoms with Crippen LogP contribution in [0.4, 0.5) is 18.9 Å². The molecule has 8 heteroatoms.